The summed E-state index contributed by atoms with van der Waals surface area (Å²) in [6, 6.07) is 19.9. The van der Waals surface area contributed by atoms with E-state index in [9.17, 15) is 9.00 Å². The smallest absolute Gasteiger partial charge is 0.270 e. The second kappa shape index (κ2) is 11.6. The van der Waals surface area contributed by atoms with E-state index in [1.807, 2.05) is 74.1 Å². The molecule has 0 spiro atoms. The van der Waals surface area contributed by atoms with Crippen molar-refractivity contribution < 1.29 is 9.00 Å². The standard InChI is InChI=1S/C28H32N4O2S3/c1-20-14-22-16-24(30-27(22)25(15-20)32(4)37(5,34)26-12-9-13-35-26)28(33)31(3)18-23(17-29-2)36-19-21-10-7-6-8-11-21/h6-17,23,30H,5,18-19H2,1-4H3/b29-17+. The van der Waals surface area contributed by atoms with Gasteiger partial charge in [-0.25, -0.2) is 4.21 Å². The number of fused-ring (bicyclic) bond motifs is 1. The van der Waals surface area contributed by atoms with Crippen molar-refractivity contribution in [3.05, 3.63) is 82.9 Å². The number of amides is 1. The lowest BCUT2D eigenvalue weighted by Crippen LogP contribution is -2.34. The maximum absolute atomic E-state index is 13.6. The first kappa shape index (κ1) is 27.0. The van der Waals surface area contributed by atoms with Crippen molar-refractivity contribution in [3.8, 4) is 0 Å². The van der Waals surface area contributed by atoms with Gasteiger partial charge in [-0.2, -0.15) is 0 Å². The number of carbonyl (C=O) groups excluding carboxylic acids is 1. The third kappa shape index (κ3) is 6.11. The van der Waals surface area contributed by atoms with Gasteiger partial charge in [-0.15, -0.1) is 23.1 Å². The van der Waals surface area contributed by atoms with Crippen LogP contribution in [0.1, 0.15) is 21.6 Å². The van der Waals surface area contributed by atoms with Gasteiger partial charge in [0.15, 0.2) is 0 Å². The van der Waals surface area contributed by atoms with Crippen LogP contribution in [0.5, 0.6) is 0 Å². The number of carbonyl (C=O) groups is 1. The number of aliphatic imine (C=N–C) groups is 1. The van der Waals surface area contributed by atoms with Crippen molar-refractivity contribution in [3.63, 3.8) is 0 Å². The number of nitrogens with zero attached hydrogens (tertiary/aromatic N) is 3. The van der Waals surface area contributed by atoms with Crippen LogP contribution in [0.2, 0.25) is 0 Å². The van der Waals surface area contributed by atoms with Crippen LogP contribution in [0, 0.1) is 6.92 Å². The van der Waals surface area contributed by atoms with Crippen LogP contribution < -0.4 is 4.31 Å². The van der Waals surface area contributed by atoms with E-state index in [1.165, 1.54) is 16.9 Å². The highest BCUT2D eigenvalue weighted by Gasteiger charge is 2.23. The van der Waals surface area contributed by atoms with Gasteiger partial charge >= 0.3 is 0 Å². The van der Waals surface area contributed by atoms with Crippen LogP contribution in [0.25, 0.3) is 10.9 Å². The molecule has 4 rings (SSSR count). The molecule has 0 aliphatic heterocycles. The zero-order valence-electron chi connectivity index (χ0n) is 21.5. The van der Waals surface area contributed by atoms with Gasteiger partial charge in [0.2, 0.25) is 0 Å². The summed E-state index contributed by atoms with van der Waals surface area (Å²) in [6.45, 7) is 2.52. The Hall–Kier alpha value is -3.01. The summed E-state index contributed by atoms with van der Waals surface area (Å²) in [5.74, 6) is 4.78. The maximum Gasteiger partial charge on any atom is 0.270 e. The molecular weight excluding hydrogens is 521 g/mol. The van der Waals surface area contributed by atoms with Crippen molar-refractivity contribution >= 4 is 67.4 Å². The Kier molecular flexibility index (Phi) is 8.46. The van der Waals surface area contributed by atoms with Crippen molar-refractivity contribution in [1.29, 1.82) is 0 Å². The van der Waals surface area contributed by atoms with Crippen LogP contribution in [0.4, 0.5) is 5.69 Å². The number of aromatic nitrogens is 1. The number of H-pyrrole nitrogens is 1. The lowest BCUT2D eigenvalue weighted by Gasteiger charge is -2.24. The van der Waals surface area contributed by atoms with E-state index in [-0.39, 0.29) is 11.2 Å². The molecule has 0 saturated heterocycles. The number of thioether (sulfide) groups is 1. The number of anilines is 1. The van der Waals surface area contributed by atoms with Gasteiger partial charge in [0, 0.05) is 45.0 Å². The fourth-order valence-corrected chi connectivity index (χ4v) is 7.83. The zero-order chi connectivity index (χ0) is 26.6. The normalized spacial score (nSPS) is 14.1. The molecule has 1 N–H and O–H groups in total. The number of rotatable bonds is 10. The third-order valence-corrected chi connectivity index (χ3v) is 10.9. The number of aromatic amines is 1. The topological polar surface area (TPSA) is 68.8 Å². The molecule has 2 aromatic heterocycles. The average Bonchev–Trinajstić information content (AvgIpc) is 3.57. The predicted molar refractivity (Wildman–Crippen MR) is 162 cm³/mol. The minimum atomic E-state index is -2.72. The minimum Gasteiger partial charge on any atom is -0.349 e. The number of thiophene rings is 1. The molecule has 0 bridgehead atoms. The largest absolute Gasteiger partial charge is 0.349 e. The molecule has 2 atom stereocenters. The second-order valence-corrected chi connectivity index (χ2v) is 13.6. The first-order valence-corrected chi connectivity index (χ1v) is 15.4. The molecule has 0 fully saturated rings. The summed E-state index contributed by atoms with van der Waals surface area (Å²) >= 11 is 3.18. The molecule has 2 aromatic carbocycles. The molecule has 6 nitrogen and oxygen atoms in total. The van der Waals surface area contributed by atoms with Crippen LogP contribution in [0.15, 0.2) is 75.2 Å². The van der Waals surface area contributed by atoms with Crippen LogP contribution in [0.3, 0.4) is 0 Å². The summed E-state index contributed by atoms with van der Waals surface area (Å²) in [7, 11) is 2.64. The Morgan fingerprint density at radius 1 is 1.19 bits per heavy atom. The Morgan fingerprint density at radius 2 is 1.95 bits per heavy atom. The molecule has 37 heavy (non-hydrogen) atoms. The molecule has 0 saturated carbocycles. The van der Waals surface area contributed by atoms with E-state index < -0.39 is 9.71 Å². The summed E-state index contributed by atoms with van der Waals surface area (Å²) in [6.07, 6.45) is 1.90. The van der Waals surface area contributed by atoms with Crippen LogP contribution in [-0.4, -0.2) is 65.0 Å². The molecular formula is C28H32N4O2S3. The average molecular weight is 553 g/mol. The van der Waals surface area contributed by atoms with Gasteiger partial charge in [-0.1, -0.05) is 36.4 Å². The van der Waals surface area contributed by atoms with Crippen molar-refractivity contribution in [1.82, 2.24) is 9.88 Å². The number of benzene rings is 2. The van der Waals surface area contributed by atoms with Crippen LogP contribution >= 0.6 is 23.1 Å². The quantitative estimate of drug-likeness (QED) is 0.202. The predicted octanol–water partition coefficient (Wildman–Crippen LogP) is 5.74. The van der Waals surface area contributed by atoms with Crippen molar-refractivity contribution in [2.45, 2.75) is 22.1 Å². The van der Waals surface area contributed by atoms with Gasteiger partial charge in [0.1, 0.15) is 9.90 Å². The van der Waals surface area contributed by atoms with E-state index in [0.717, 1.165) is 27.9 Å². The van der Waals surface area contributed by atoms with Crippen molar-refractivity contribution in [2.24, 2.45) is 4.99 Å². The van der Waals surface area contributed by atoms with Gasteiger partial charge in [0.05, 0.1) is 26.2 Å². The third-order valence-electron chi connectivity index (χ3n) is 6.10. The van der Waals surface area contributed by atoms with E-state index >= 15 is 0 Å². The summed E-state index contributed by atoms with van der Waals surface area (Å²) in [5.41, 5.74) is 4.26. The lowest BCUT2D eigenvalue weighted by molar-refractivity contribution is 0.0795. The molecule has 0 radical (unpaired) electrons. The summed E-state index contributed by atoms with van der Waals surface area (Å²) in [4.78, 5) is 22.7. The van der Waals surface area contributed by atoms with Crippen LogP contribution in [-0.2, 0) is 15.5 Å². The molecule has 2 unspecified atom stereocenters. The number of hydrogen-bond acceptors (Lipinski definition) is 5. The molecule has 9 heteroatoms. The maximum atomic E-state index is 13.6. The van der Waals surface area contributed by atoms with Gasteiger partial charge in [0.25, 0.3) is 5.91 Å². The highest BCUT2D eigenvalue weighted by molar-refractivity contribution is 8.03. The number of aryl methyl sites for hydroxylation is 1. The zero-order valence-corrected chi connectivity index (χ0v) is 24.0. The van der Waals surface area contributed by atoms with Gasteiger partial charge < -0.3 is 9.88 Å². The van der Waals surface area contributed by atoms with Crippen molar-refractivity contribution in [2.75, 3.05) is 32.0 Å². The first-order chi connectivity index (χ1) is 17.7. The minimum absolute atomic E-state index is 0.0640. The molecule has 1 amide bonds. The number of nitrogens with one attached hydrogen (secondary N) is 1. The molecule has 4 aromatic rings. The number of hydrogen-bond donors (Lipinski definition) is 1. The first-order valence-electron chi connectivity index (χ1n) is 11.8. The fourth-order valence-electron chi connectivity index (χ4n) is 4.12. The molecule has 0 aliphatic carbocycles. The Labute approximate surface area is 227 Å². The van der Waals surface area contributed by atoms with E-state index in [1.54, 1.807) is 35.1 Å². The summed E-state index contributed by atoms with van der Waals surface area (Å²) < 4.78 is 16.1. The fraction of sp³-hybridized carbons (Fsp3) is 0.250. The van der Waals surface area contributed by atoms with Gasteiger partial charge in [-0.05, 0) is 53.6 Å². The van der Waals surface area contributed by atoms with E-state index in [2.05, 4.69) is 28.0 Å². The second-order valence-electron chi connectivity index (χ2n) is 8.93. The Balaban J connectivity index is 1.56. The SMILES string of the molecule is C=S(=O)(c1cccs1)N(C)c1cc(C)cc2cc(C(=O)N(C)CC(/C=N/C)SCc3ccccc3)[nH]c12. The Morgan fingerprint density at radius 3 is 2.62 bits per heavy atom. The molecule has 2 heterocycles. The highest BCUT2D eigenvalue weighted by Crippen LogP contribution is 2.33. The monoisotopic (exact) mass is 552 g/mol. The molecule has 0 aliphatic rings. The Bertz CT molecular complexity index is 1490. The van der Waals surface area contributed by atoms with E-state index in [4.69, 9.17) is 0 Å². The van der Waals surface area contributed by atoms with E-state index in [0.29, 0.717) is 16.4 Å². The highest BCUT2D eigenvalue weighted by atomic mass is 32.2. The van der Waals surface area contributed by atoms with Gasteiger partial charge in [-0.3, -0.25) is 14.1 Å². The molecule has 194 valence electrons. The summed E-state index contributed by atoms with van der Waals surface area (Å²) in [5, 5.41) is 2.86. The lowest BCUT2D eigenvalue weighted by atomic mass is 10.1.